The molecule has 1 saturated heterocycles. The second kappa shape index (κ2) is 7.24. The van der Waals surface area contributed by atoms with E-state index in [0.29, 0.717) is 0 Å². The van der Waals surface area contributed by atoms with E-state index in [1.807, 2.05) is 6.07 Å². The van der Waals surface area contributed by atoms with Crippen LogP contribution < -0.4 is 5.32 Å². The molecule has 1 saturated carbocycles. The van der Waals surface area contributed by atoms with Gasteiger partial charge in [0.2, 0.25) is 5.91 Å². The van der Waals surface area contributed by atoms with Crippen LogP contribution in [0.4, 0.5) is 0 Å². The molecule has 2 aliphatic rings. The van der Waals surface area contributed by atoms with Gasteiger partial charge in [-0.15, -0.1) is 0 Å². The summed E-state index contributed by atoms with van der Waals surface area (Å²) in [5.74, 6) is 1.60. The molecular formula is C23H28N2O. The fourth-order valence-corrected chi connectivity index (χ4v) is 4.59. The number of piperidine rings is 1. The molecule has 1 N–H and O–H groups in total. The number of nitrogens with zero attached hydrogens (tertiary/aromatic N) is 1. The van der Waals surface area contributed by atoms with E-state index < -0.39 is 0 Å². The Kier molecular flexibility index (Phi) is 4.82. The highest BCUT2D eigenvalue weighted by atomic mass is 16.1. The summed E-state index contributed by atoms with van der Waals surface area (Å²) in [7, 11) is 0. The molecule has 26 heavy (non-hydrogen) atoms. The van der Waals surface area contributed by atoms with Gasteiger partial charge in [-0.2, -0.15) is 0 Å². The summed E-state index contributed by atoms with van der Waals surface area (Å²) in [6, 6.07) is 21.4. The quantitative estimate of drug-likeness (QED) is 0.888. The summed E-state index contributed by atoms with van der Waals surface area (Å²) in [4.78, 5) is 14.4. The van der Waals surface area contributed by atoms with E-state index in [1.54, 1.807) is 6.92 Å². The van der Waals surface area contributed by atoms with Gasteiger partial charge in [-0.3, -0.25) is 4.79 Å². The van der Waals surface area contributed by atoms with Crippen molar-refractivity contribution in [3.05, 3.63) is 71.8 Å². The Morgan fingerprint density at radius 3 is 2.27 bits per heavy atom. The predicted molar refractivity (Wildman–Crippen MR) is 105 cm³/mol. The summed E-state index contributed by atoms with van der Waals surface area (Å²) in [5.41, 5.74) is 2.53. The molecule has 136 valence electrons. The van der Waals surface area contributed by atoms with Crippen molar-refractivity contribution in [1.82, 2.24) is 10.2 Å². The van der Waals surface area contributed by atoms with Crippen LogP contribution in [0.25, 0.3) is 0 Å². The number of hydrogen-bond acceptors (Lipinski definition) is 2. The van der Waals surface area contributed by atoms with Gasteiger partial charge in [-0.25, -0.2) is 0 Å². The first-order valence-corrected chi connectivity index (χ1v) is 9.78. The summed E-state index contributed by atoms with van der Waals surface area (Å²) >= 11 is 0. The van der Waals surface area contributed by atoms with Crippen LogP contribution in [-0.2, 0) is 10.3 Å². The molecule has 3 heteroatoms. The minimum atomic E-state index is -0.202. The molecule has 4 rings (SSSR count). The highest BCUT2D eigenvalue weighted by Gasteiger charge is 2.42. The fraction of sp³-hybridized carbons (Fsp3) is 0.435. The highest BCUT2D eigenvalue weighted by Crippen LogP contribution is 2.48. The van der Waals surface area contributed by atoms with Crippen LogP contribution in [-0.4, -0.2) is 30.4 Å². The fourth-order valence-electron chi connectivity index (χ4n) is 4.59. The standard InChI is InChI=1S/C23H28N2O/c1-18(26)24-23(21-10-6-3-7-11-21)12-14-25(15-13-23)17-20-16-22(20)19-8-4-2-5-9-19/h2-11,20,22H,12-17H2,1H3,(H,24,26)/t20-,22+/m0/s1. The van der Waals surface area contributed by atoms with Crippen LogP contribution in [0.3, 0.4) is 0 Å². The molecule has 1 aliphatic carbocycles. The monoisotopic (exact) mass is 348 g/mol. The van der Waals surface area contributed by atoms with Gasteiger partial charge in [0.15, 0.2) is 0 Å². The van der Waals surface area contributed by atoms with Crippen molar-refractivity contribution in [3.8, 4) is 0 Å². The molecular weight excluding hydrogens is 320 g/mol. The molecule has 2 fully saturated rings. The van der Waals surface area contributed by atoms with Crippen molar-refractivity contribution >= 4 is 5.91 Å². The van der Waals surface area contributed by atoms with Gasteiger partial charge >= 0.3 is 0 Å². The Labute approximate surface area is 156 Å². The van der Waals surface area contributed by atoms with E-state index in [4.69, 9.17) is 0 Å². The molecule has 0 bridgehead atoms. The zero-order valence-electron chi connectivity index (χ0n) is 15.5. The van der Waals surface area contributed by atoms with Crippen molar-refractivity contribution in [2.45, 2.75) is 37.6 Å². The van der Waals surface area contributed by atoms with Gasteiger partial charge in [0.1, 0.15) is 0 Å². The Bertz CT molecular complexity index is 735. The molecule has 1 heterocycles. The first-order chi connectivity index (χ1) is 12.7. The Balaban J connectivity index is 1.37. The lowest BCUT2D eigenvalue weighted by atomic mass is 9.80. The molecule has 1 amide bonds. The van der Waals surface area contributed by atoms with Crippen molar-refractivity contribution in [2.75, 3.05) is 19.6 Å². The van der Waals surface area contributed by atoms with Crippen molar-refractivity contribution in [1.29, 1.82) is 0 Å². The van der Waals surface area contributed by atoms with Gasteiger partial charge in [0.25, 0.3) is 0 Å². The van der Waals surface area contributed by atoms with Crippen LogP contribution in [0.15, 0.2) is 60.7 Å². The van der Waals surface area contributed by atoms with Crippen LogP contribution in [0.5, 0.6) is 0 Å². The minimum Gasteiger partial charge on any atom is -0.347 e. The number of amides is 1. The number of likely N-dealkylation sites (tertiary alicyclic amines) is 1. The van der Waals surface area contributed by atoms with Crippen LogP contribution in [0.1, 0.15) is 43.2 Å². The number of benzene rings is 2. The van der Waals surface area contributed by atoms with E-state index in [2.05, 4.69) is 64.8 Å². The maximum atomic E-state index is 11.8. The first kappa shape index (κ1) is 17.3. The molecule has 0 aromatic heterocycles. The number of rotatable bonds is 5. The largest absolute Gasteiger partial charge is 0.347 e. The minimum absolute atomic E-state index is 0.0636. The van der Waals surface area contributed by atoms with Crippen molar-refractivity contribution in [3.63, 3.8) is 0 Å². The summed E-state index contributed by atoms with van der Waals surface area (Å²) < 4.78 is 0. The SMILES string of the molecule is CC(=O)NC1(c2ccccc2)CCN(C[C@@H]2C[C@@H]2c2ccccc2)CC1. The van der Waals surface area contributed by atoms with Gasteiger partial charge in [0, 0.05) is 26.6 Å². The predicted octanol–water partition coefficient (Wildman–Crippen LogP) is 3.92. The van der Waals surface area contributed by atoms with Gasteiger partial charge in [-0.1, -0.05) is 60.7 Å². The molecule has 0 radical (unpaired) electrons. The molecule has 0 unspecified atom stereocenters. The van der Waals surface area contributed by atoms with Gasteiger partial charge < -0.3 is 10.2 Å². The number of carbonyl (C=O) groups excluding carboxylic acids is 1. The van der Waals surface area contributed by atoms with E-state index >= 15 is 0 Å². The maximum absolute atomic E-state index is 11.8. The lowest BCUT2D eigenvalue weighted by Gasteiger charge is -2.43. The van der Waals surface area contributed by atoms with E-state index in [0.717, 1.165) is 37.8 Å². The number of carbonyl (C=O) groups is 1. The van der Waals surface area contributed by atoms with Crippen LogP contribution in [0.2, 0.25) is 0 Å². The third-order valence-corrected chi connectivity index (χ3v) is 6.09. The van der Waals surface area contributed by atoms with E-state index in [9.17, 15) is 4.79 Å². The first-order valence-electron chi connectivity index (χ1n) is 9.78. The van der Waals surface area contributed by atoms with Gasteiger partial charge in [-0.05, 0) is 42.2 Å². The summed E-state index contributed by atoms with van der Waals surface area (Å²) in [6.45, 7) is 4.91. The third-order valence-electron chi connectivity index (χ3n) is 6.09. The van der Waals surface area contributed by atoms with Crippen LogP contribution >= 0.6 is 0 Å². The summed E-state index contributed by atoms with van der Waals surface area (Å²) in [5, 5.41) is 3.27. The Morgan fingerprint density at radius 2 is 1.65 bits per heavy atom. The molecule has 3 nitrogen and oxygen atoms in total. The van der Waals surface area contributed by atoms with Crippen LogP contribution in [0, 0.1) is 5.92 Å². The smallest absolute Gasteiger partial charge is 0.217 e. The number of hydrogen-bond donors (Lipinski definition) is 1. The lowest BCUT2D eigenvalue weighted by molar-refractivity contribution is -0.121. The Hall–Kier alpha value is -2.13. The van der Waals surface area contributed by atoms with Gasteiger partial charge in [0.05, 0.1) is 5.54 Å². The zero-order chi connectivity index (χ0) is 18.0. The number of nitrogens with one attached hydrogen (secondary N) is 1. The normalized spacial score (nSPS) is 24.8. The second-order valence-electron chi connectivity index (χ2n) is 7.94. The molecule has 0 spiro atoms. The lowest BCUT2D eigenvalue weighted by Crippen LogP contribution is -2.52. The summed E-state index contributed by atoms with van der Waals surface area (Å²) in [6.07, 6.45) is 3.29. The van der Waals surface area contributed by atoms with Crippen molar-refractivity contribution in [2.24, 2.45) is 5.92 Å². The van der Waals surface area contributed by atoms with Crippen molar-refractivity contribution < 1.29 is 4.79 Å². The molecule has 2 atom stereocenters. The Morgan fingerprint density at radius 1 is 1.04 bits per heavy atom. The average molecular weight is 348 g/mol. The molecule has 2 aromatic rings. The molecule has 1 aliphatic heterocycles. The van der Waals surface area contributed by atoms with E-state index in [-0.39, 0.29) is 11.4 Å². The topological polar surface area (TPSA) is 32.3 Å². The molecule has 2 aromatic carbocycles. The van der Waals surface area contributed by atoms with E-state index in [1.165, 1.54) is 24.1 Å². The third kappa shape index (κ3) is 3.68. The second-order valence-corrected chi connectivity index (χ2v) is 7.94. The zero-order valence-corrected chi connectivity index (χ0v) is 15.5. The average Bonchev–Trinajstić information content (AvgIpc) is 3.44. The highest BCUT2D eigenvalue weighted by molar-refractivity contribution is 5.74. The maximum Gasteiger partial charge on any atom is 0.217 e.